The van der Waals surface area contributed by atoms with Crippen LogP contribution in [0.4, 0.5) is 11.4 Å². The second-order valence-electron chi connectivity index (χ2n) is 9.53. The first-order chi connectivity index (χ1) is 17.5. The molecule has 5 aromatic rings. The van der Waals surface area contributed by atoms with Crippen LogP contribution in [0.1, 0.15) is 38.2 Å². The van der Waals surface area contributed by atoms with Crippen molar-refractivity contribution in [2.24, 2.45) is 0 Å². The van der Waals surface area contributed by atoms with Crippen molar-refractivity contribution in [1.29, 1.82) is 0 Å². The number of carbonyl (C=O) groups is 1. The van der Waals surface area contributed by atoms with Crippen LogP contribution in [-0.4, -0.2) is 5.97 Å². The van der Waals surface area contributed by atoms with Crippen molar-refractivity contribution in [3.05, 3.63) is 130 Å². The standard InChI is InChI=1S/C32H23NO3/c1-19-11-15-27(20(2)17-19)33-22-13-14-26-29(18-22)35-28-16-12-21-7-3-4-8-23(21)30(28)32(26)25-10-6-5-9-24(25)31(34)36-32/h3-18,33H,1-2H3. The number of rotatable bonds is 2. The van der Waals surface area contributed by atoms with Gasteiger partial charge >= 0.3 is 5.97 Å². The van der Waals surface area contributed by atoms with Gasteiger partial charge in [-0.3, -0.25) is 0 Å². The van der Waals surface area contributed by atoms with Crippen LogP contribution in [0, 0.1) is 13.8 Å². The van der Waals surface area contributed by atoms with Crippen molar-refractivity contribution < 1.29 is 14.3 Å². The summed E-state index contributed by atoms with van der Waals surface area (Å²) in [6.07, 6.45) is 0. The van der Waals surface area contributed by atoms with Crippen LogP contribution < -0.4 is 10.1 Å². The Morgan fingerprint density at radius 2 is 1.58 bits per heavy atom. The lowest BCUT2D eigenvalue weighted by Gasteiger charge is -2.37. The first kappa shape index (κ1) is 20.8. The molecule has 5 aromatic carbocycles. The van der Waals surface area contributed by atoms with Crippen molar-refractivity contribution in [3.63, 3.8) is 0 Å². The Labute approximate surface area is 209 Å². The van der Waals surface area contributed by atoms with E-state index in [1.54, 1.807) is 0 Å². The molecular formula is C32H23NO3. The Bertz CT molecular complexity index is 1720. The first-order valence-electron chi connectivity index (χ1n) is 12.1. The van der Waals surface area contributed by atoms with E-state index in [1.807, 2.05) is 66.7 Å². The van der Waals surface area contributed by atoms with E-state index in [-0.39, 0.29) is 5.97 Å². The van der Waals surface area contributed by atoms with Gasteiger partial charge < -0.3 is 14.8 Å². The van der Waals surface area contributed by atoms with E-state index in [9.17, 15) is 4.79 Å². The highest BCUT2D eigenvalue weighted by atomic mass is 16.6. The fourth-order valence-corrected chi connectivity index (χ4v) is 5.64. The summed E-state index contributed by atoms with van der Waals surface area (Å²) in [5.74, 6) is 1.03. The van der Waals surface area contributed by atoms with Gasteiger partial charge in [-0.2, -0.15) is 0 Å². The van der Waals surface area contributed by atoms with E-state index in [2.05, 4.69) is 49.5 Å². The molecule has 7 rings (SSSR count). The lowest BCUT2D eigenvalue weighted by molar-refractivity contribution is 0.0229. The van der Waals surface area contributed by atoms with Crippen LogP contribution in [0.2, 0.25) is 0 Å². The quantitative estimate of drug-likeness (QED) is 0.268. The molecule has 36 heavy (non-hydrogen) atoms. The van der Waals surface area contributed by atoms with Crippen LogP contribution in [-0.2, 0) is 10.3 Å². The third-order valence-electron chi connectivity index (χ3n) is 7.26. The Morgan fingerprint density at radius 3 is 2.47 bits per heavy atom. The fourth-order valence-electron chi connectivity index (χ4n) is 5.64. The summed E-state index contributed by atoms with van der Waals surface area (Å²) in [7, 11) is 0. The van der Waals surface area contributed by atoms with Crippen LogP contribution in [0.15, 0.2) is 97.1 Å². The number of benzene rings is 5. The zero-order valence-electron chi connectivity index (χ0n) is 20.0. The SMILES string of the molecule is Cc1ccc(Nc2ccc3c(c2)Oc2ccc4ccccc4c2C32OC(=O)c3ccccc32)c(C)c1. The van der Waals surface area contributed by atoms with Crippen molar-refractivity contribution in [3.8, 4) is 11.5 Å². The third kappa shape index (κ3) is 2.85. The largest absolute Gasteiger partial charge is 0.456 e. The minimum atomic E-state index is -1.09. The zero-order chi connectivity index (χ0) is 24.4. The van der Waals surface area contributed by atoms with Gasteiger partial charge in [-0.1, -0.05) is 66.2 Å². The predicted octanol–water partition coefficient (Wildman–Crippen LogP) is 7.77. The predicted molar refractivity (Wildman–Crippen MR) is 141 cm³/mol. The van der Waals surface area contributed by atoms with Crippen molar-refractivity contribution >= 4 is 28.1 Å². The summed E-state index contributed by atoms with van der Waals surface area (Å²) < 4.78 is 12.9. The van der Waals surface area contributed by atoms with Gasteiger partial charge in [0.25, 0.3) is 0 Å². The summed E-state index contributed by atoms with van der Waals surface area (Å²) in [5, 5.41) is 5.59. The minimum Gasteiger partial charge on any atom is -0.456 e. The van der Waals surface area contributed by atoms with Crippen LogP contribution in [0.5, 0.6) is 11.5 Å². The smallest absolute Gasteiger partial charge is 0.340 e. The maximum absolute atomic E-state index is 13.2. The summed E-state index contributed by atoms with van der Waals surface area (Å²) in [5.41, 5.74) is 6.34. The molecule has 0 aromatic heterocycles. The number of hydrogen-bond donors (Lipinski definition) is 1. The molecular weight excluding hydrogens is 446 g/mol. The van der Waals surface area contributed by atoms with E-state index in [0.717, 1.165) is 38.8 Å². The monoisotopic (exact) mass is 469 g/mol. The molecule has 0 radical (unpaired) electrons. The van der Waals surface area contributed by atoms with Gasteiger partial charge in [0.05, 0.1) is 11.1 Å². The van der Waals surface area contributed by atoms with Gasteiger partial charge in [0.15, 0.2) is 5.60 Å². The van der Waals surface area contributed by atoms with Crippen molar-refractivity contribution in [2.75, 3.05) is 5.32 Å². The molecule has 0 fully saturated rings. The normalized spacial score (nSPS) is 17.2. The maximum atomic E-state index is 13.2. The van der Waals surface area contributed by atoms with E-state index >= 15 is 0 Å². The van der Waals surface area contributed by atoms with Gasteiger partial charge in [0, 0.05) is 28.6 Å². The number of carbonyl (C=O) groups excluding carboxylic acids is 1. The molecule has 1 atom stereocenters. The Balaban J connectivity index is 1.47. The number of ether oxygens (including phenoxy) is 2. The molecule has 2 aliphatic rings. The first-order valence-corrected chi connectivity index (χ1v) is 12.1. The molecule has 0 amide bonds. The van der Waals surface area contributed by atoms with Crippen molar-refractivity contribution in [2.45, 2.75) is 19.4 Å². The highest BCUT2D eigenvalue weighted by Crippen LogP contribution is 2.58. The average Bonchev–Trinajstić information content (AvgIpc) is 3.18. The number of esters is 1. The van der Waals surface area contributed by atoms with E-state index in [1.165, 1.54) is 11.1 Å². The molecule has 0 saturated carbocycles. The fraction of sp³-hybridized carbons (Fsp3) is 0.0938. The topological polar surface area (TPSA) is 47.6 Å². The van der Waals surface area contributed by atoms with Gasteiger partial charge in [0.2, 0.25) is 0 Å². The number of aryl methyl sites for hydroxylation is 2. The number of nitrogens with one attached hydrogen (secondary N) is 1. The van der Waals surface area contributed by atoms with Crippen LogP contribution in [0.25, 0.3) is 10.8 Å². The number of anilines is 2. The highest BCUT2D eigenvalue weighted by Gasteiger charge is 2.54. The van der Waals surface area contributed by atoms with Crippen molar-refractivity contribution in [1.82, 2.24) is 0 Å². The number of hydrogen-bond acceptors (Lipinski definition) is 4. The number of fused-ring (bicyclic) bond motifs is 8. The Morgan fingerprint density at radius 1 is 0.750 bits per heavy atom. The Hall–Kier alpha value is -4.57. The molecule has 1 N–H and O–H groups in total. The van der Waals surface area contributed by atoms with E-state index in [4.69, 9.17) is 9.47 Å². The molecule has 4 heteroatoms. The molecule has 0 bridgehead atoms. The minimum absolute atomic E-state index is 0.324. The third-order valence-corrected chi connectivity index (χ3v) is 7.26. The molecule has 174 valence electrons. The molecule has 0 aliphatic carbocycles. The van der Waals surface area contributed by atoms with Gasteiger partial charge in [-0.25, -0.2) is 4.79 Å². The van der Waals surface area contributed by atoms with E-state index < -0.39 is 5.60 Å². The molecule has 1 spiro atoms. The van der Waals surface area contributed by atoms with E-state index in [0.29, 0.717) is 17.1 Å². The summed E-state index contributed by atoms with van der Waals surface area (Å²) >= 11 is 0. The lowest BCUT2D eigenvalue weighted by Crippen LogP contribution is -2.33. The summed E-state index contributed by atoms with van der Waals surface area (Å²) in [6, 6.07) is 32.2. The lowest BCUT2D eigenvalue weighted by atomic mass is 9.76. The highest BCUT2D eigenvalue weighted by molar-refractivity contribution is 6.00. The van der Waals surface area contributed by atoms with Gasteiger partial charge in [0.1, 0.15) is 11.5 Å². The van der Waals surface area contributed by atoms with Crippen LogP contribution >= 0.6 is 0 Å². The zero-order valence-corrected chi connectivity index (χ0v) is 20.0. The molecule has 4 nitrogen and oxygen atoms in total. The molecule has 0 saturated heterocycles. The molecule has 2 heterocycles. The summed E-state index contributed by atoms with van der Waals surface area (Å²) in [4.78, 5) is 13.2. The second-order valence-corrected chi connectivity index (χ2v) is 9.53. The summed E-state index contributed by atoms with van der Waals surface area (Å²) in [6.45, 7) is 4.18. The van der Waals surface area contributed by atoms with Gasteiger partial charge in [-0.05, 0) is 60.5 Å². The average molecular weight is 470 g/mol. The second kappa shape index (κ2) is 7.46. The molecule has 2 aliphatic heterocycles. The van der Waals surface area contributed by atoms with Crippen LogP contribution in [0.3, 0.4) is 0 Å². The Kier molecular flexibility index (Phi) is 4.31. The van der Waals surface area contributed by atoms with Gasteiger partial charge in [-0.15, -0.1) is 0 Å². The maximum Gasteiger partial charge on any atom is 0.340 e. The molecule has 1 unspecified atom stereocenters.